The van der Waals surface area contributed by atoms with Crippen molar-refractivity contribution in [3.05, 3.63) is 81.9 Å². The molecule has 0 saturated heterocycles. The summed E-state index contributed by atoms with van der Waals surface area (Å²) in [4.78, 5) is 0. The van der Waals surface area contributed by atoms with E-state index in [0.717, 1.165) is 40.8 Å². The Morgan fingerprint density at radius 2 is 1.56 bits per heavy atom. The molecule has 0 unspecified atom stereocenters. The first kappa shape index (κ1) is 25.8. The third kappa shape index (κ3) is 5.45. The average Bonchev–Trinajstić information content (AvgIpc) is 2.85. The first-order valence-electron chi connectivity index (χ1n) is 12.3. The van der Waals surface area contributed by atoms with Gasteiger partial charge in [-0.3, -0.25) is 0 Å². The fourth-order valence-corrected chi connectivity index (χ4v) is 4.57. The SMILES string of the molecule is CCCc1cc(C(O)(CC)CC)ccc1-c1cc(OCc2cc(C)c(O)c(CO)c2)ccc1C. The summed E-state index contributed by atoms with van der Waals surface area (Å²) < 4.78 is 6.11. The minimum atomic E-state index is -0.795. The molecule has 34 heavy (non-hydrogen) atoms. The summed E-state index contributed by atoms with van der Waals surface area (Å²) in [5, 5.41) is 30.6. The van der Waals surface area contributed by atoms with E-state index in [0.29, 0.717) is 25.0 Å². The van der Waals surface area contributed by atoms with Gasteiger partial charge in [0.1, 0.15) is 18.1 Å². The van der Waals surface area contributed by atoms with E-state index in [-0.39, 0.29) is 12.4 Å². The minimum Gasteiger partial charge on any atom is -0.507 e. The molecule has 0 aliphatic rings. The largest absolute Gasteiger partial charge is 0.507 e. The molecule has 182 valence electrons. The molecule has 4 heteroatoms. The smallest absolute Gasteiger partial charge is 0.124 e. The highest BCUT2D eigenvalue weighted by atomic mass is 16.5. The maximum Gasteiger partial charge on any atom is 0.124 e. The molecular weight excluding hydrogens is 424 g/mol. The summed E-state index contributed by atoms with van der Waals surface area (Å²) in [5.74, 6) is 0.899. The molecule has 3 N–H and O–H groups in total. The van der Waals surface area contributed by atoms with Crippen molar-refractivity contribution in [3.63, 3.8) is 0 Å². The molecule has 0 bridgehead atoms. The van der Waals surface area contributed by atoms with Crippen LogP contribution >= 0.6 is 0 Å². The number of hydrogen-bond acceptors (Lipinski definition) is 4. The quantitative estimate of drug-likeness (QED) is 0.313. The Hall–Kier alpha value is -2.82. The fraction of sp³-hybridized carbons (Fsp3) is 0.400. The van der Waals surface area contributed by atoms with Gasteiger partial charge in [0, 0.05) is 5.56 Å². The number of aryl methyl sites for hydroxylation is 3. The Morgan fingerprint density at radius 1 is 0.824 bits per heavy atom. The lowest BCUT2D eigenvalue weighted by atomic mass is 9.84. The van der Waals surface area contributed by atoms with Crippen molar-refractivity contribution in [2.45, 2.75) is 79.1 Å². The van der Waals surface area contributed by atoms with Gasteiger partial charge in [0.25, 0.3) is 0 Å². The van der Waals surface area contributed by atoms with Gasteiger partial charge in [-0.2, -0.15) is 0 Å². The van der Waals surface area contributed by atoms with E-state index in [1.54, 1.807) is 6.07 Å². The van der Waals surface area contributed by atoms with Gasteiger partial charge < -0.3 is 20.1 Å². The molecule has 0 atom stereocenters. The number of rotatable bonds is 10. The highest BCUT2D eigenvalue weighted by Gasteiger charge is 2.25. The van der Waals surface area contributed by atoms with E-state index in [4.69, 9.17) is 4.74 Å². The molecule has 0 radical (unpaired) electrons. The summed E-state index contributed by atoms with van der Waals surface area (Å²) in [6.07, 6.45) is 3.33. The molecule has 0 aliphatic heterocycles. The Labute approximate surface area is 203 Å². The summed E-state index contributed by atoms with van der Waals surface area (Å²) >= 11 is 0. The van der Waals surface area contributed by atoms with E-state index in [1.165, 1.54) is 16.7 Å². The van der Waals surface area contributed by atoms with Crippen LogP contribution in [0, 0.1) is 13.8 Å². The topological polar surface area (TPSA) is 69.9 Å². The van der Waals surface area contributed by atoms with Crippen molar-refractivity contribution in [2.24, 2.45) is 0 Å². The number of benzene rings is 3. The number of phenols is 1. The zero-order chi connectivity index (χ0) is 24.9. The summed E-state index contributed by atoms with van der Waals surface area (Å²) in [7, 11) is 0. The van der Waals surface area contributed by atoms with Crippen LogP contribution in [0.1, 0.15) is 73.4 Å². The zero-order valence-electron chi connectivity index (χ0n) is 21.1. The summed E-state index contributed by atoms with van der Waals surface area (Å²) in [6, 6.07) is 16.2. The Morgan fingerprint density at radius 3 is 2.21 bits per heavy atom. The van der Waals surface area contributed by atoms with E-state index >= 15 is 0 Å². The van der Waals surface area contributed by atoms with Gasteiger partial charge in [0.05, 0.1) is 12.2 Å². The monoisotopic (exact) mass is 462 g/mol. The zero-order valence-corrected chi connectivity index (χ0v) is 21.1. The van der Waals surface area contributed by atoms with Crippen LogP contribution in [0.25, 0.3) is 11.1 Å². The van der Waals surface area contributed by atoms with Crippen LogP contribution < -0.4 is 4.74 Å². The van der Waals surface area contributed by atoms with E-state index < -0.39 is 5.60 Å². The predicted octanol–water partition coefficient (Wildman–Crippen LogP) is 6.71. The maximum atomic E-state index is 11.1. The second kappa shape index (κ2) is 11.1. The second-order valence-electron chi connectivity index (χ2n) is 9.20. The van der Waals surface area contributed by atoms with Gasteiger partial charge >= 0.3 is 0 Å². The van der Waals surface area contributed by atoms with Crippen molar-refractivity contribution in [1.82, 2.24) is 0 Å². The van der Waals surface area contributed by atoms with Crippen molar-refractivity contribution >= 4 is 0 Å². The van der Waals surface area contributed by atoms with Crippen molar-refractivity contribution in [1.29, 1.82) is 0 Å². The fourth-order valence-electron chi connectivity index (χ4n) is 4.57. The van der Waals surface area contributed by atoms with E-state index in [9.17, 15) is 15.3 Å². The molecule has 0 aliphatic carbocycles. The molecule has 0 fully saturated rings. The maximum absolute atomic E-state index is 11.1. The molecule has 0 aromatic heterocycles. The molecule has 3 aromatic carbocycles. The van der Waals surface area contributed by atoms with Gasteiger partial charge in [0.15, 0.2) is 0 Å². The third-order valence-electron chi connectivity index (χ3n) is 6.85. The molecule has 0 amide bonds. The van der Waals surface area contributed by atoms with Crippen LogP contribution in [-0.2, 0) is 25.2 Å². The summed E-state index contributed by atoms with van der Waals surface area (Å²) in [6.45, 7) is 10.3. The van der Waals surface area contributed by atoms with Crippen LogP contribution in [0.4, 0.5) is 0 Å². The normalized spacial score (nSPS) is 11.6. The average molecular weight is 463 g/mol. The van der Waals surface area contributed by atoms with Gasteiger partial charge in [-0.05, 0) is 96.3 Å². The van der Waals surface area contributed by atoms with Crippen LogP contribution in [0.3, 0.4) is 0 Å². The second-order valence-corrected chi connectivity index (χ2v) is 9.20. The van der Waals surface area contributed by atoms with Gasteiger partial charge in [-0.15, -0.1) is 0 Å². The van der Waals surface area contributed by atoms with Crippen LogP contribution in [0.15, 0.2) is 48.5 Å². The molecule has 0 saturated carbocycles. The van der Waals surface area contributed by atoms with Crippen LogP contribution in [0.5, 0.6) is 11.5 Å². The number of hydrogen-bond donors (Lipinski definition) is 3. The number of ether oxygens (including phenoxy) is 1. The number of aromatic hydroxyl groups is 1. The Balaban J connectivity index is 1.94. The summed E-state index contributed by atoms with van der Waals surface area (Å²) in [5.41, 5.74) is 7.02. The lowest BCUT2D eigenvalue weighted by Gasteiger charge is -2.27. The molecule has 3 rings (SSSR count). The molecule has 4 nitrogen and oxygen atoms in total. The molecule has 0 heterocycles. The van der Waals surface area contributed by atoms with Gasteiger partial charge in [-0.1, -0.05) is 51.5 Å². The van der Waals surface area contributed by atoms with Crippen LogP contribution in [-0.4, -0.2) is 15.3 Å². The van der Waals surface area contributed by atoms with Crippen molar-refractivity contribution in [2.75, 3.05) is 0 Å². The van der Waals surface area contributed by atoms with Crippen LogP contribution in [0.2, 0.25) is 0 Å². The number of aliphatic hydroxyl groups excluding tert-OH is 1. The predicted molar refractivity (Wildman–Crippen MR) is 138 cm³/mol. The lowest BCUT2D eigenvalue weighted by Crippen LogP contribution is -2.23. The lowest BCUT2D eigenvalue weighted by molar-refractivity contribution is 0.0283. The first-order chi connectivity index (χ1) is 16.3. The molecule has 3 aromatic rings. The molecular formula is C30H38O4. The third-order valence-corrected chi connectivity index (χ3v) is 6.85. The Bertz CT molecular complexity index is 1130. The number of aliphatic hydroxyl groups is 2. The van der Waals surface area contributed by atoms with Gasteiger partial charge in [-0.25, -0.2) is 0 Å². The first-order valence-corrected chi connectivity index (χ1v) is 12.3. The standard InChI is InChI=1S/C30H38O4/c1-6-9-23-16-25(30(33,7-2)8-3)11-13-27(23)28-17-26(12-10-20(28)4)34-19-22-14-21(5)29(32)24(15-22)18-31/h10-17,31-33H,6-9,18-19H2,1-5H3. The highest BCUT2D eigenvalue weighted by Crippen LogP contribution is 2.36. The highest BCUT2D eigenvalue weighted by molar-refractivity contribution is 5.72. The van der Waals surface area contributed by atoms with Crippen molar-refractivity contribution < 1.29 is 20.1 Å². The van der Waals surface area contributed by atoms with Gasteiger partial charge in [0.2, 0.25) is 0 Å². The van der Waals surface area contributed by atoms with E-state index in [1.807, 2.05) is 32.9 Å². The minimum absolute atomic E-state index is 0.133. The molecule has 0 spiro atoms. The van der Waals surface area contributed by atoms with Crippen molar-refractivity contribution in [3.8, 4) is 22.6 Å². The Kier molecular flexibility index (Phi) is 8.40. The van der Waals surface area contributed by atoms with E-state index in [2.05, 4.69) is 44.2 Å².